The van der Waals surface area contributed by atoms with Crippen molar-refractivity contribution in [3.8, 4) is 5.75 Å². The Morgan fingerprint density at radius 1 is 1.08 bits per heavy atom. The lowest BCUT2D eigenvalue weighted by Crippen LogP contribution is -2.46. The molecule has 1 fully saturated rings. The Bertz CT molecular complexity index is 1130. The number of likely N-dealkylation sites (N-methyl/N-ethyl adjacent to an activating group) is 1. The first kappa shape index (κ1) is 29.5. The Hall–Kier alpha value is -3.02. The maximum atomic E-state index is 12.5. The van der Waals surface area contributed by atoms with E-state index in [0.717, 1.165) is 37.7 Å². The number of hydrogen-bond acceptors (Lipinski definition) is 3. The van der Waals surface area contributed by atoms with Crippen molar-refractivity contribution in [2.24, 2.45) is 5.92 Å². The van der Waals surface area contributed by atoms with E-state index in [1.807, 2.05) is 24.1 Å². The van der Waals surface area contributed by atoms with Crippen LogP contribution in [0.15, 0.2) is 42.5 Å². The third-order valence-corrected chi connectivity index (χ3v) is 7.68. The van der Waals surface area contributed by atoms with Crippen LogP contribution in [0.4, 0.5) is 4.79 Å². The van der Waals surface area contributed by atoms with Crippen LogP contribution < -0.4 is 10.1 Å². The second-order valence-corrected chi connectivity index (χ2v) is 12.9. The van der Waals surface area contributed by atoms with Crippen LogP contribution in [-0.4, -0.2) is 46.7 Å². The number of carboxylic acids is 1. The molecule has 208 valence electrons. The van der Waals surface area contributed by atoms with Gasteiger partial charge in [-0.2, -0.15) is 0 Å². The van der Waals surface area contributed by atoms with E-state index in [9.17, 15) is 14.7 Å². The van der Waals surface area contributed by atoms with Crippen LogP contribution in [0.25, 0.3) is 0 Å². The standard InChI is InChI=1S/C32H46N2O4/c1-22(2)18-25-19-23(13-16-27(25)38-31(6,7)28(35)36)10-9-17-32(21-33-29(37)34(32)8)20-24-11-14-26(15-12-24)30(3,4)5/h11-16,19,22H,9-10,17-18,20-21H2,1-8H3,(H,33,37)(H,35,36). The third kappa shape index (κ3) is 7.09. The predicted molar refractivity (Wildman–Crippen MR) is 153 cm³/mol. The van der Waals surface area contributed by atoms with E-state index >= 15 is 0 Å². The van der Waals surface area contributed by atoms with Crippen molar-refractivity contribution in [3.63, 3.8) is 0 Å². The lowest BCUT2D eigenvalue weighted by atomic mass is 9.82. The summed E-state index contributed by atoms with van der Waals surface area (Å²) in [5.41, 5.74) is 3.33. The topological polar surface area (TPSA) is 78.9 Å². The van der Waals surface area contributed by atoms with Crippen LogP contribution >= 0.6 is 0 Å². The van der Waals surface area contributed by atoms with Crippen LogP contribution in [0, 0.1) is 5.92 Å². The molecule has 0 aliphatic carbocycles. The molecule has 1 heterocycles. The number of nitrogens with zero attached hydrogens (tertiary/aromatic N) is 1. The molecular weight excluding hydrogens is 476 g/mol. The van der Waals surface area contributed by atoms with Gasteiger partial charge in [0.15, 0.2) is 5.60 Å². The number of urea groups is 1. The molecule has 1 unspecified atom stereocenters. The van der Waals surface area contributed by atoms with Crippen molar-refractivity contribution >= 4 is 12.0 Å². The number of nitrogens with one attached hydrogen (secondary N) is 1. The zero-order chi connectivity index (χ0) is 28.3. The molecule has 0 radical (unpaired) electrons. The van der Waals surface area contributed by atoms with Gasteiger partial charge in [0.2, 0.25) is 0 Å². The molecule has 2 aromatic carbocycles. The molecule has 0 saturated carbocycles. The fourth-order valence-electron chi connectivity index (χ4n) is 5.15. The van der Waals surface area contributed by atoms with Gasteiger partial charge in [-0.15, -0.1) is 0 Å². The highest BCUT2D eigenvalue weighted by atomic mass is 16.5. The molecule has 0 spiro atoms. The molecular formula is C32H46N2O4. The molecule has 2 N–H and O–H groups in total. The minimum absolute atomic E-state index is 0.0157. The highest BCUT2D eigenvalue weighted by Gasteiger charge is 2.42. The van der Waals surface area contributed by atoms with E-state index in [1.54, 1.807) is 13.8 Å². The number of carbonyl (C=O) groups excluding carboxylic acids is 1. The quantitative estimate of drug-likeness (QED) is 0.359. The molecule has 38 heavy (non-hydrogen) atoms. The molecule has 2 aromatic rings. The number of carbonyl (C=O) groups is 2. The molecule has 1 aliphatic rings. The smallest absolute Gasteiger partial charge is 0.347 e. The van der Waals surface area contributed by atoms with Crippen LogP contribution in [0.1, 0.15) is 83.6 Å². The van der Waals surface area contributed by atoms with Gasteiger partial charge in [0.25, 0.3) is 0 Å². The van der Waals surface area contributed by atoms with Crippen LogP contribution in [0.5, 0.6) is 5.75 Å². The molecule has 2 amide bonds. The zero-order valence-corrected chi connectivity index (χ0v) is 24.5. The summed E-state index contributed by atoms with van der Waals surface area (Å²) in [7, 11) is 1.91. The zero-order valence-electron chi connectivity index (χ0n) is 24.5. The van der Waals surface area contributed by atoms with Gasteiger partial charge in [0.05, 0.1) is 5.54 Å². The van der Waals surface area contributed by atoms with E-state index in [0.29, 0.717) is 18.2 Å². The SMILES string of the molecule is CC(C)Cc1cc(CCCC2(Cc3ccc(C(C)(C)C)cc3)CNC(=O)N2C)ccc1OC(C)(C)C(=O)O. The number of rotatable bonds is 11. The number of amides is 2. The van der Waals surface area contributed by atoms with Crippen molar-refractivity contribution in [1.29, 1.82) is 0 Å². The summed E-state index contributed by atoms with van der Waals surface area (Å²) in [5.74, 6) is 0.0623. The first-order valence-corrected chi connectivity index (χ1v) is 13.8. The summed E-state index contributed by atoms with van der Waals surface area (Å²) >= 11 is 0. The fourth-order valence-corrected chi connectivity index (χ4v) is 5.15. The van der Waals surface area contributed by atoms with E-state index in [2.05, 4.69) is 70.3 Å². The maximum Gasteiger partial charge on any atom is 0.347 e. The monoisotopic (exact) mass is 522 g/mol. The van der Waals surface area contributed by atoms with Gasteiger partial charge in [-0.05, 0) is 85.6 Å². The van der Waals surface area contributed by atoms with Gasteiger partial charge in [-0.1, -0.05) is 71.0 Å². The average molecular weight is 523 g/mol. The van der Waals surface area contributed by atoms with Crippen molar-refractivity contribution in [2.45, 2.75) is 97.1 Å². The molecule has 1 aliphatic heterocycles. The van der Waals surface area contributed by atoms with Crippen molar-refractivity contribution in [1.82, 2.24) is 10.2 Å². The van der Waals surface area contributed by atoms with Gasteiger partial charge in [0.1, 0.15) is 5.75 Å². The molecule has 1 saturated heterocycles. The van der Waals surface area contributed by atoms with Gasteiger partial charge in [-0.25, -0.2) is 9.59 Å². The van der Waals surface area contributed by atoms with Gasteiger partial charge < -0.3 is 20.1 Å². The second kappa shape index (κ2) is 11.4. The van der Waals surface area contributed by atoms with Gasteiger partial charge >= 0.3 is 12.0 Å². The Balaban J connectivity index is 1.75. The van der Waals surface area contributed by atoms with E-state index in [-0.39, 0.29) is 17.0 Å². The van der Waals surface area contributed by atoms with Crippen molar-refractivity contribution in [2.75, 3.05) is 13.6 Å². The number of hydrogen-bond donors (Lipinski definition) is 2. The summed E-state index contributed by atoms with van der Waals surface area (Å²) in [6.07, 6.45) is 4.31. The molecule has 6 heteroatoms. The maximum absolute atomic E-state index is 12.5. The third-order valence-electron chi connectivity index (χ3n) is 7.68. The lowest BCUT2D eigenvalue weighted by molar-refractivity contribution is -0.152. The largest absolute Gasteiger partial charge is 0.478 e. The summed E-state index contributed by atoms with van der Waals surface area (Å²) in [5, 5.41) is 12.6. The summed E-state index contributed by atoms with van der Waals surface area (Å²) in [6, 6.07) is 14.9. The summed E-state index contributed by atoms with van der Waals surface area (Å²) < 4.78 is 5.92. The van der Waals surface area contributed by atoms with Crippen LogP contribution in [0.2, 0.25) is 0 Å². The van der Waals surface area contributed by atoms with Crippen LogP contribution in [-0.2, 0) is 29.5 Å². The van der Waals surface area contributed by atoms with E-state index in [4.69, 9.17) is 4.74 Å². The molecule has 6 nitrogen and oxygen atoms in total. The summed E-state index contributed by atoms with van der Waals surface area (Å²) in [6.45, 7) is 14.7. The Labute approximate surface area is 228 Å². The average Bonchev–Trinajstić information content (AvgIpc) is 3.08. The lowest BCUT2D eigenvalue weighted by Gasteiger charge is -2.35. The normalized spacial score (nSPS) is 18.1. The summed E-state index contributed by atoms with van der Waals surface area (Å²) in [4.78, 5) is 26.0. The number of benzene rings is 2. The van der Waals surface area contributed by atoms with E-state index < -0.39 is 11.6 Å². The minimum atomic E-state index is -1.29. The van der Waals surface area contributed by atoms with Crippen molar-refractivity contribution in [3.05, 3.63) is 64.7 Å². The fraction of sp³-hybridized carbons (Fsp3) is 0.562. The minimum Gasteiger partial charge on any atom is -0.478 e. The van der Waals surface area contributed by atoms with Crippen LogP contribution in [0.3, 0.4) is 0 Å². The molecule has 0 bridgehead atoms. The highest BCUT2D eigenvalue weighted by molar-refractivity contribution is 5.78. The number of aryl methyl sites for hydroxylation is 1. The number of ether oxygens (including phenoxy) is 1. The molecule has 1 atom stereocenters. The van der Waals surface area contributed by atoms with Gasteiger partial charge in [0, 0.05) is 13.6 Å². The Morgan fingerprint density at radius 3 is 2.24 bits per heavy atom. The predicted octanol–water partition coefficient (Wildman–Crippen LogP) is 6.38. The molecule has 3 rings (SSSR count). The number of aliphatic carboxylic acids is 1. The van der Waals surface area contributed by atoms with Crippen molar-refractivity contribution < 1.29 is 19.4 Å². The Kier molecular flexibility index (Phi) is 8.85. The number of carboxylic acid groups (broad SMARTS) is 1. The second-order valence-electron chi connectivity index (χ2n) is 12.9. The first-order chi connectivity index (χ1) is 17.6. The first-order valence-electron chi connectivity index (χ1n) is 13.8. The van der Waals surface area contributed by atoms with E-state index in [1.165, 1.54) is 16.7 Å². The van der Waals surface area contributed by atoms with Gasteiger partial charge in [-0.3, -0.25) is 0 Å². The Morgan fingerprint density at radius 2 is 1.71 bits per heavy atom. The highest BCUT2D eigenvalue weighted by Crippen LogP contribution is 2.32. The molecule has 0 aromatic heterocycles.